The third-order valence-electron chi connectivity index (χ3n) is 3.86. The van der Waals surface area contributed by atoms with Crippen molar-refractivity contribution in [2.75, 3.05) is 5.32 Å². The van der Waals surface area contributed by atoms with Crippen LogP contribution in [0, 0.1) is 5.92 Å². The van der Waals surface area contributed by atoms with Crippen molar-refractivity contribution in [2.24, 2.45) is 5.92 Å². The zero-order valence-electron chi connectivity index (χ0n) is 15.6. The van der Waals surface area contributed by atoms with Crippen molar-refractivity contribution in [3.8, 4) is 5.75 Å². The van der Waals surface area contributed by atoms with Gasteiger partial charge in [-0.3, -0.25) is 4.79 Å². The summed E-state index contributed by atoms with van der Waals surface area (Å²) in [6.45, 7) is 0.951. The van der Waals surface area contributed by atoms with E-state index in [4.69, 9.17) is 0 Å². The molecule has 0 heterocycles. The molecule has 8 heteroatoms. The Kier molecular flexibility index (Phi) is 7.74. The van der Waals surface area contributed by atoms with Gasteiger partial charge < -0.3 is 20.7 Å². The molecule has 0 radical (unpaired) electrons. The zero-order chi connectivity index (χ0) is 20.5. The molecule has 0 bridgehead atoms. The Hall–Kier alpha value is -3.16. The topological polar surface area (TPSA) is 79.5 Å². The third kappa shape index (κ3) is 6.86. The number of alkyl halides is 2. The molecule has 1 unspecified atom stereocenters. The van der Waals surface area contributed by atoms with E-state index in [-0.39, 0.29) is 11.7 Å². The summed E-state index contributed by atoms with van der Waals surface area (Å²) in [4.78, 5) is 24.7. The monoisotopic (exact) mass is 391 g/mol. The fourth-order valence-electron chi connectivity index (χ4n) is 2.48. The number of carbonyl (C=O) groups excluding carboxylic acids is 2. The number of hydrogen-bond acceptors (Lipinski definition) is 3. The van der Waals surface area contributed by atoms with E-state index in [0.717, 1.165) is 5.56 Å². The molecule has 0 aliphatic carbocycles. The van der Waals surface area contributed by atoms with Crippen LogP contribution in [0.25, 0.3) is 0 Å². The maximum Gasteiger partial charge on any atom is 0.387 e. The van der Waals surface area contributed by atoms with Crippen LogP contribution in [0.5, 0.6) is 5.75 Å². The molecule has 2 rings (SSSR count). The number of ether oxygens (including phenoxy) is 1. The molecule has 0 fully saturated rings. The van der Waals surface area contributed by atoms with Gasteiger partial charge in [0.05, 0.1) is 0 Å². The Bertz CT molecular complexity index is 785. The van der Waals surface area contributed by atoms with Crippen LogP contribution in [0.4, 0.5) is 19.3 Å². The van der Waals surface area contributed by atoms with Crippen molar-refractivity contribution >= 4 is 17.6 Å². The Morgan fingerprint density at radius 1 is 1.04 bits per heavy atom. The van der Waals surface area contributed by atoms with E-state index in [0.29, 0.717) is 12.2 Å². The maximum absolute atomic E-state index is 12.6. The first kappa shape index (κ1) is 21.1. The van der Waals surface area contributed by atoms with Crippen molar-refractivity contribution in [3.05, 3.63) is 60.2 Å². The lowest BCUT2D eigenvalue weighted by Crippen LogP contribution is -2.50. The van der Waals surface area contributed by atoms with Crippen LogP contribution >= 0.6 is 0 Å². The van der Waals surface area contributed by atoms with Crippen molar-refractivity contribution < 1.29 is 23.1 Å². The molecular weight excluding hydrogens is 368 g/mol. The molecule has 3 N–H and O–H groups in total. The summed E-state index contributed by atoms with van der Waals surface area (Å²) in [6.07, 6.45) is 0. The predicted octanol–water partition coefficient (Wildman–Crippen LogP) is 3.75. The molecule has 2 aromatic rings. The molecule has 0 saturated heterocycles. The number of amides is 3. The van der Waals surface area contributed by atoms with Gasteiger partial charge in [-0.2, -0.15) is 8.78 Å². The lowest BCUT2D eigenvalue weighted by molar-refractivity contribution is -0.118. The molecule has 0 aliphatic heterocycles. The summed E-state index contributed by atoms with van der Waals surface area (Å²) in [7, 11) is 0. The average molecular weight is 391 g/mol. The molecule has 1 atom stereocenters. The molecule has 0 aliphatic rings. The van der Waals surface area contributed by atoms with Crippen molar-refractivity contribution in [1.82, 2.24) is 10.6 Å². The third-order valence-corrected chi connectivity index (χ3v) is 3.86. The number of anilines is 1. The number of halogens is 2. The van der Waals surface area contributed by atoms with Gasteiger partial charge in [0.15, 0.2) is 0 Å². The Labute approximate surface area is 162 Å². The van der Waals surface area contributed by atoms with E-state index in [1.807, 2.05) is 30.3 Å². The second kappa shape index (κ2) is 10.2. The van der Waals surface area contributed by atoms with E-state index in [1.54, 1.807) is 19.9 Å². The highest BCUT2D eigenvalue weighted by Gasteiger charge is 2.24. The maximum atomic E-state index is 12.6. The van der Waals surface area contributed by atoms with Crippen LogP contribution in [0.3, 0.4) is 0 Å². The summed E-state index contributed by atoms with van der Waals surface area (Å²) in [5.74, 6) is -0.718. The van der Waals surface area contributed by atoms with Gasteiger partial charge in [0.1, 0.15) is 11.8 Å². The fourth-order valence-corrected chi connectivity index (χ4v) is 2.48. The summed E-state index contributed by atoms with van der Waals surface area (Å²) in [5, 5.41) is 7.95. The predicted molar refractivity (Wildman–Crippen MR) is 102 cm³/mol. The van der Waals surface area contributed by atoms with E-state index in [1.165, 1.54) is 18.2 Å². The number of carbonyl (C=O) groups is 2. The van der Waals surface area contributed by atoms with Crippen molar-refractivity contribution in [2.45, 2.75) is 33.0 Å². The Morgan fingerprint density at radius 3 is 2.39 bits per heavy atom. The van der Waals surface area contributed by atoms with Crippen LogP contribution in [-0.4, -0.2) is 24.6 Å². The van der Waals surface area contributed by atoms with E-state index >= 15 is 0 Å². The van der Waals surface area contributed by atoms with E-state index in [2.05, 4.69) is 20.7 Å². The Morgan fingerprint density at radius 2 is 1.75 bits per heavy atom. The molecule has 3 amide bonds. The Balaban J connectivity index is 1.95. The second-order valence-corrected chi connectivity index (χ2v) is 6.43. The van der Waals surface area contributed by atoms with Gasteiger partial charge >= 0.3 is 12.6 Å². The SMILES string of the molecule is CC(C)C(NC(=O)NCc1ccccc1)C(=O)Nc1cccc(OC(F)F)c1. The molecule has 2 aromatic carbocycles. The highest BCUT2D eigenvalue weighted by molar-refractivity contribution is 5.97. The van der Waals surface area contributed by atoms with Gasteiger partial charge in [-0.15, -0.1) is 0 Å². The normalized spacial score (nSPS) is 11.8. The first-order valence-corrected chi connectivity index (χ1v) is 8.79. The molecule has 28 heavy (non-hydrogen) atoms. The molecule has 0 saturated carbocycles. The van der Waals surface area contributed by atoms with Gasteiger partial charge in [-0.1, -0.05) is 50.2 Å². The molecule has 0 aromatic heterocycles. The van der Waals surface area contributed by atoms with E-state index in [9.17, 15) is 18.4 Å². The zero-order valence-corrected chi connectivity index (χ0v) is 15.6. The fraction of sp³-hybridized carbons (Fsp3) is 0.300. The van der Waals surface area contributed by atoms with Gasteiger partial charge in [-0.25, -0.2) is 4.79 Å². The van der Waals surface area contributed by atoms with Gasteiger partial charge in [0, 0.05) is 18.3 Å². The summed E-state index contributed by atoms with van der Waals surface area (Å²) < 4.78 is 29.0. The van der Waals surface area contributed by atoms with Crippen molar-refractivity contribution in [3.63, 3.8) is 0 Å². The van der Waals surface area contributed by atoms with Crippen LogP contribution in [0.2, 0.25) is 0 Å². The number of hydrogen-bond donors (Lipinski definition) is 3. The highest BCUT2D eigenvalue weighted by atomic mass is 19.3. The largest absolute Gasteiger partial charge is 0.435 e. The highest BCUT2D eigenvalue weighted by Crippen LogP contribution is 2.20. The van der Waals surface area contributed by atoms with Crippen LogP contribution in [-0.2, 0) is 11.3 Å². The molecule has 6 nitrogen and oxygen atoms in total. The van der Waals surface area contributed by atoms with Gasteiger partial charge in [0.25, 0.3) is 0 Å². The summed E-state index contributed by atoms with van der Waals surface area (Å²) >= 11 is 0. The number of urea groups is 1. The number of benzene rings is 2. The molecule has 0 spiro atoms. The second-order valence-electron chi connectivity index (χ2n) is 6.43. The summed E-state index contributed by atoms with van der Waals surface area (Å²) in [6, 6.07) is 13.8. The lowest BCUT2D eigenvalue weighted by Gasteiger charge is -2.22. The standard InChI is InChI=1S/C20H23F2N3O3/c1-13(2)17(25-20(27)23-12-14-7-4-3-5-8-14)18(26)24-15-9-6-10-16(11-15)28-19(21)22/h3-11,13,17,19H,12H2,1-2H3,(H,24,26)(H2,23,25,27). The first-order chi connectivity index (χ1) is 13.3. The first-order valence-electron chi connectivity index (χ1n) is 8.79. The van der Waals surface area contributed by atoms with Gasteiger partial charge in [-0.05, 0) is 23.6 Å². The molecular formula is C20H23F2N3O3. The average Bonchev–Trinajstić information content (AvgIpc) is 2.64. The van der Waals surface area contributed by atoms with Crippen LogP contribution < -0.4 is 20.7 Å². The minimum Gasteiger partial charge on any atom is -0.435 e. The van der Waals surface area contributed by atoms with Gasteiger partial charge in [0.2, 0.25) is 5.91 Å². The smallest absolute Gasteiger partial charge is 0.387 e. The lowest BCUT2D eigenvalue weighted by atomic mass is 10.0. The number of nitrogens with one attached hydrogen (secondary N) is 3. The number of rotatable bonds is 8. The minimum absolute atomic E-state index is 0.0672. The van der Waals surface area contributed by atoms with E-state index < -0.39 is 24.6 Å². The van der Waals surface area contributed by atoms with Crippen molar-refractivity contribution in [1.29, 1.82) is 0 Å². The summed E-state index contributed by atoms with van der Waals surface area (Å²) in [5.41, 5.74) is 1.22. The quantitative estimate of drug-likeness (QED) is 0.641. The van der Waals surface area contributed by atoms with Crippen LogP contribution in [0.15, 0.2) is 54.6 Å². The molecule has 150 valence electrons. The van der Waals surface area contributed by atoms with Crippen LogP contribution in [0.1, 0.15) is 19.4 Å². The minimum atomic E-state index is -2.95.